The Kier molecular flexibility index (Phi) is 4.29. The van der Waals surface area contributed by atoms with E-state index in [1.54, 1.807) is 12.4 Å². The fourth-order valence-corrected chi connectivity index (χ4v) is 2.72. The molecule has 0 aliphatic carbocycles. The first-order valence-corrected chi connectivity index (χ1v) is 8.13. The van der Waals surface area contributed by atoms with E-state index in [-0.39, 0.29) is 0 Å². The molecule has 0 saturated heterocycles. The number of hydrogen-bond acceptors (Lipinski definition) is 4. The van der Waals surface area contributed by atoms with Crippen molar-refractivity contribution in [1.82, 2.24) is 15.3 Å². The minimum atomic E-state index is 0.584. The lowest BCUT2D eigenvalue weighted by atomic mass is 10.1. The fraction of sp³-hybridized carbons (Fsp3) is 0.100. The minimum absolute atomic E-state index is 0.584. The van der Waals surface area contributed by atoms with Gasteiger partial charge in [0.25, 0.3) is 0 Å². The topological polar surface area (TPSA) is 62.5 Å². The number of aromatic nitrogens is 2. The average molecular weight is 327 g/mol. The van der Waals surface area contributed by atoms with E-state index >= 15 is 0 Å². The minimum Gasteiger partial charge on any atom is -0.324 e. The van der Waals surface area contributed by atoms with Crippen LogP contribution in [0.25, 0.3) is 0 Å². The summed E-state index contributed by atoms with van der Waals surface area (Å²) in [6, 6.07) is 16.1. The van der Waals surface area contributed by atoms with E-state index in [4.69, 9.17) is 9.98 Å². The summed E-state index contributed by atoms with van der Waals surface area (Å²) in [5.41, 5.74) is 4.32. The predicted molar refractivity (Wildman–Crippen MR) is 98.5 cm³/mol. The second-order valence-electron chi connectivity index (χ2n) is 5.72. The van der Waals surface area contributed by atoms with Gasteiger partial charge in [0.2, 0.25) is 0 Å². The number of pyridine rings is 2. The lowest BCUT2D eigenvalue weighted by molar-refractivity contribution is 1.02. The molecular formula is C20H17N5. The van der Waals surface area contributed by atoms with E-state index < -0.39 is 0 Å². The third kappa shape index (κ3) is 3.45. The lowest BCUT2D eigenvalue weighted by Crippen LogP contribution is -2.23. The molecule has 5 nitrogen and oxygen atoms in total. The molecule has 0 saturated carbocycles. The maximum absolute atomic E-state index is 4.71. The highest BCUT2D eigenvalue weighted by Gasteiger charge is 2.22. The molecule has 1 aromatic carbocycles. The highest BCUT2D eigenvalue weighted by Crippen LogP contribution is 2.17. The molecule has 0 spiro atoms. The van der Waals surface area contributed by atoms with Crippen LogP contribution in [0.15, 0.2) is 83.3 Å². The predicted octanol–water partition coefficient (Wildman–Crippen LogP) is 2.97. The zero-order chi connectivity index (χ0) is 16.9. The molecule has 0 bridgehead atoms. The van der Waals surface area contributed by atoms with E-state index in [0.717, 1.165) is 33.9 Å². The molecule has 1 aliphatic heterocycles. The Balaban J connectivity index is 1.59. The van der Waals surface area contributed by atoms with E-state index in [2.05, 4.69) is 27.4 Å². The van der Waals surface area contributed by atoms with Gasteiger partial charge in [0, 0.05) is 35.9 Å². The Morgan fingerprint density at radius 2 is 1.20 bits per heavy atom. The molecule has 1 N–H and O–H groups in total. The molecule has 0 fully saturated rings. The highest BCUT2D eigenvalue weighted by molar-refractivity contribution is 6.25. The van der Waals surface area contributed by atoms with Crippen LogP contribution in [0.4, 0.5) is 0 Å². The van der Waals surface area contributed by atoms with E-state index in [9.17, 15) is 0 Å². The van der Waals surface area contributed by atoms with Gasteiger partial charge in [-0.3, -0.25) is 20.0 Å². The average Bonchev–Trinajstić information content (AvgIpc) is 3.04. The summed E-state index contributed by atoms with van der Waals surface area (Å²) in [6.07, 6.45) is 7.20. The van der Waals surface area contributed by atoms with Gasteiger partial charge in [-0.1, -0.05) is 36.4 Å². The number of nitrogens with zero attached hydrogens (tertiary/aromatic N) is 4. The maximum atomic E-state index is 4.71. The van der Waals surface area contributed by atoms with Crippen LogP contribution in [0.1, 0.15) is 22.3 Å². The molecule has 5 heteroatoms. The number of fused-ring (bicyclic) bond motifs is 1. The van der Waals surface area contributed by atoms with Crippen molar-refractivity contribution >= 4 is 11.7 Å². The van der Waals surface area contributed by atoms with Crippen molar-refractivity contribution in [3.05, 3.63) is 95.6 Å². The second kappa shape index (κ2) is 7.05. The fourth-order valence-electron chi connectivity index (χ4n) is 2.72. The zero-order valence-electron chi connectivity index (χ0n) is 13.6. The van der Waals surface area contributed by atoms with Gasteiger partial charge in [0.15, 0.2) is 0 Å². The summed E-state index contributed by atoms with van der Waals surface area (Å²) in [4.78, 5) is 17.7. The van der Waals surface area contributed by atoms with Crippen LogP contribution in [0.3, 0.4) is 0 Å². The summed E-state index contributed by atoms with van der Waals surface area (Å²) < 4.78 is 0. The zero-order valence-corrected chi connectivity index (χ0v) is 13.6. The first-order valence-electron chi connectivity index (χ1n) is 8.13. The molecule has 0 unspecified atom stereocenters. The molecule has 0 radical (unpaired) electrons. The van der Waals surface area contributed by atoms with Crippen molar-refractivity contribution < 1.29 is 0 Å². The van der Waals surface area contributed by atoms with Gasteiger partial charge in [-0.15, -0.1) is 0 Å². The van der Waals surface area contributed by atoms with Gasteiger partial charge in [0.1, 0.15) is 11.7 Å². The quantitative estimate of drug-likeness (QED) is 0.801. The van der Waals surface area contributed by atoms with Gasteiger partial charge in [-0.05, 0) is 23.3 Å². The number of benzene rings is 1. The van der Waals surface area contributed by atoms with Gasteiger partial charge in [-0.25, -0.2) is 0 Å². The number of aliphatic imine (C=N–C) groups is 2. The van der Waals surface area contributed by atoms with Crippen molar-refractivity contribution in [2.75, 3.05) is 0 Å². The molecule has 25 heavy (non-hydrogen) atoms. The first-order chi connectivity index (χ1) is 12.4. The van der Waals surface area contributed by atoms with Gasteiger partial charge in [-0.2, -0.15) is 0 Å². The Morgan fingerprint density at radius 3 is 1.64 bits per heavy atom. The lowest BCUT2D eigenvalue weighted by Gasteiger charge is -2.01. The molecule has 3 heterocycles. The standard InChI is InChI=1S/C20H17N5/c1-2-8-18-17(7-1)19(23-13-15-5-3-9-21-11-15)25-20(18)24-14-16-6-4-10-22-12-16/h1-12H,13-14H2,(H,23,24,25). The highest BCUT2D eigenvalue weighted by atomic mass is 15.1. The summed E-state index contributed by atoms with van der Waals surface area (Å²) >= 11 is 0. The second-order valence-corrected chi connectivity index (χ2v) is 5.72. The van der Waals surface area contributed by atoms with E-state index in [1.165, 1.54) is 0 Å². The Hall–Kier alpha value is -3.34. The van der Waals surface area contributed by atoms with Gasteiger partial charge >= 0.3 is 0 Å². The number of nitrogens with one attached hydrogen (secondary N) is 1. The molecule has 3 aromatic rings. The Morgan fingerprint density at radius 1 is 0.680 bits per heavy atom. The van der Waals surface area contributed by atoms with Gasteiger partial charge in [0.05, 0.1) is 13.1 Å². The molecule has 122 valence electrons. The molecule has 1 aliphatic rings. The van der Waals surface area contributed by atoms with Crippen LogP contribution < -0.4 is 5.32 Å². The largest absolute Gasteiger partial charge is 0.324 e. The van der Waals surface area contributed by atoms with E-state index in [1.807, 2.05) is 48.8 Å². The van der Waals surface area contributed by atoms with Crippen LogP contribution in [0.5, 0.6) is 0 Å². The summed E-state index contributed by atoms with van der Waals surface area (Å²) in [7, 11) is 0. The SMILES string of the molecule is c1cncc(CN=C2NC(=NCc3cccnc3)c3ccccc32)c1. The van der Waals surface area contributed by atoms with Crippen LogP contribution in [-0.2, 0) is 13.1 Å². The molecule has 0 amide bonds. The first kappa shape index (κ1) is 15.2. The summed E-state index contributed by atoms with van der Waals surface area (Å²) in [5, 5.41) is 3.36. The van der Waals surface area contributed by atoms with Crippen LogP contribution >= 0.6 is 0 Å². The van der Waals surface area contributed by atoms with Crippen molar-refractivity contribution in [2.24, 2.45) is 9.98 Å². The number of hydrogen-bond donors (Lipinski definition) is 1. The van der Waals surface area contributed by atoms with Crippen molar-refractivity contribution in [1.29, 1.82) is 0 Å². The number of rotatable bonds is 4. The molecular weight excluding hydrogens is 310 g/mol. The van der Waals surface area contributed by atoms with Crippen LogP contribution in [0, 0.1) is 0 Å². The summed E-state index contributed by atoms with van der Waals surface area (Å²) in [6.45, 7) is 1.17. The van der Waals surface area contributed by atoms with Crippen molar-refractivity contribution in [2.45, 2.75) is 13.1 Å². The van der Waals surface area contributed by atoms with E-state index in [0.29, 0.717) is 13.1 Å². The maximum Gasteiger partial charge on any atom is 0.134 e. The van der Waals surface area contributed by atoms with Crippen LogP contribution in [0.2, 0.25) is 0 Å². The molecule has 2 aromatic heterocycles. The smallest absolute Gasteiger partial charge is 0.134 e. The monoisotopic (exact) mass is 327 g/mol. The Labute approximate surface area is 146 Å². The van der Waals surface area contributed by atoms with Crippen molar-refractivity contribution in [3.8, 4) is 0 Å². The normalized spacial score (nSPS) is 16.0. The summed E-state index contributed by atoms with van der Waals surface area (Å²) in [5.74, 6) is 1.70. The van der Waals surface area contributed by atoms with Crippen molar-refractivity contribution in [3.63, 3.8) is 0 Å². The van der Waals surface area contributed by atoms with Crippen LogP contribution in [-0.4, -0.2) is 21.6 Å². The molecule has 0 atom stereocenters. The Bertz CT molecular complexity index is 841. The van der Waals surface area contributed by atoms with Gasteiger partial charge < -0.3 is 5.32 Å². The third-order valence-electron chi connectivity index (χ3n) is 3.96. The third-order valence-corrected chi connectivity index (χ3v) is 3.96. The molecule has 4 rings (SSSR count). The number of amidine groups is 2.